The molecule has 106 valence electrons. The van der Waals surface area contributed by atoms with Crippen LogP contribution in [0.25, 0.3) is 0 Å². The molecule has 0 unspecified atom stereocenters. The summed E-state index contributed by atoms with van der Waals surface area (Å²) >= 11 is 6.55. The number of halogens is 2. The maximum absolute atomic E-state index is 12.2. The zero-order valence-corrected chi connectivity index (χ0v) is 14.4. The van der Waals surface area contributed by atoms with Gasteiger partial charge in [-0.3, -0.25) is 4.98 Å². The van der Waals surface area contributed by atoms with Gasteiger partial charge in [0.25, 0.3) is 0 Å². The number of aromatic nitrogens is 1. The Bertz CT molecular complexity index is 691. The van der Waals surface area contributed by atoms with Crippen molar-refractivity contribution >= 4 is 41.9 Å². The standard InChI is InChI=1S/C13H12Br2N2O2S/c14-10-4-5-13(12(15)9-10)20(18,19)17-8-6-11-3-1-2-7-16-11/h1-5,7,9,17H,6,8H2. The first-order chi connectivity index (χ1) is 9.49. The highest BCUT2D eigenvalue weighted by molar-refractivity contribution is 9.11. The van der Waals surface area contributed by atoms with Crippen molar-refractivity contribution in [3.05, 3.63) is 57.2 Å². The van der Waals surface area contributed by atoms with Gasteiger partial charge in [-0.1, -0.05) is 22.0 Å². The first-order valence-corrected chi connectivity index (χ1v) is 8.90. The number of hydrogen-bond donors (Lipinski definition) is 1. The largest absolute Gasteiger partial charge is 0.261 e. The van der Waals surface area contributed by atoms with E-state index in [1.165, 1.54) is 0 Å². The summed E-state index contributed by atoms with van der Waals surface area (Å²) in [6.07, 6.45) is 2.24. The Kier molecular flexibility index (Phi) is 5.31. The monoisotopic (exact) mass is 418 g/mol. The van der Waals surface area contributed by atoms with E-state index < -0.39 is 10.0 Å². The molecule has 7 heteroatoms. The molecule has 0 aliphatic rings. The maximum atomic E-state index is 12.2. The number of hydrogen-bond acceptors (Lipinski definition) is 3. The summed E-state index contributed by atoms with van der Waals surface area (Å²) in [4.78, 5) is 4.37. The second-order valence-corrected chi connectivity index (χ2v) is 7.55. The van der Waals surface area contributed by atoms with Crippen molar-refractivity contribution in [2.24, 2.45) is 0 Å². The van der Waals surface area contributed by atoms with Crippen LogP contribution >= 0.6 is 31.9 Å². The van der Waals surface area contributed by atoms with E-state index >= 15 is 0 Å². The fourth-order valence-electron chi connectivity index (χ4n) is 1.63. The fourth-order valence-corrected chi connectivity index (χ4v) is 4.41. The van der Waals surface area contributed by atoms with Crippen LogP contribution in [-0.4, -0.2) is 19.9 Å². The van der Waals surface area contributed by atoms with E-state index in [1.807, 2.05) is 18.2 Å². The lowest BCUT2D eigenvalue weighted by Gasteiger charge is -2.08. The molecule has 0 radical (unpaired) electrons. The van der Waals surface area contributed by atoms with Gasteiger partial charge in [0.05, 0.1) is 4.90 Å². The SMILES string of the molecule is O=S(=O)(NCCc1ccccn1)c1ccc(Br)cc1Br. The minimum atomic E-state index is -3.52. The highest BCUT2D eigenvalue weighted by atomic mass is 79.9. The van der Waals surface area contributed by atoms with Crippen LogP contribution in [0, 0.1) is 0 Å². The van der Waals surface area contributed by atoms with Crippen molar-refractivity contribution < 1.29 is 8.42 Å². The highest BCUT2D eigenvalue weighted by Gasteiger charge is 2.17. The van der Waals surface area contributed by atoms with Gasteiger partial charge in [-0.05, 0) is 46.3 Å². The summed E-state index contributed by atoms with van der Waals surface area (Å²) in [5.41, 5.74) is 0.852. The molecule has 0 bridgehead atoms. The molecule has 0 amide bonds. The number of nitrogens with zero attached hydrogens (tertiary/aromatic N) is 1. The highest BCUT2D eigenvalue weighted by Crippen LogP contribution is 2.25. The van der Waals surface area contributed by atoms with Gasteiger partial charge in [-0.15, -0.1) is 0 Å². The Morgan fingerprint density at radius 2 is 1.95 bits per heavy atom. The molecule has 20 heavy (non-hydrogen) atoms. The lowest BCUT2D eigenvalue weighted by Crippen LogP contribution is -2.26. The smallest absolute Gasteiger partial charge is 0.241 e. The molecular formula is C13H12Br2N2O2S. The Balaban J connectivity index is 2.04. The van der Waals surface area contributed by atoms with Gasteiger partial charge in [-0.2, -0.15) is 0 Å². The van der Waals surface area contributed by atoms with Crippen molar-refractivity contribution in [1.82, 2.24) is 9.71 Å². The van der Waals surface area contributed by atoms with Gasteiger partial charge in [0.2, 0.25) is 10.0 Å². The molecule has 0 atom stereocenters. The van der Waals surface area contributed by atoms with Crippen molar-refractivity contribution in [1.29, 1.82) is 0 Å². The minimum Gasteiger partial charge on any atom is -0.261 e. The average Bonchev–Trinajstić information content (AvgIpc) is 2.39. The summed E-state index contributed by atoms with van der Waals surface area (Å²) in [5, 5.41) is 0. The van der Waals surface area contributed by atoms with E-state index in [0.717, 1.165) is 10.2 Å². The van der Waals surface area contributed by atoms with Crippen LogP contribution in [0.4, 0.5) is 0 Å². The first kappa shape index (κ1) is 15.6. The van der Waals surface area contributed by atoms with Crippen LogP contribution < -0.4 is 4.72 Å². The molecule has 2 rings (SSSR count). The summed E-state index contributed by atoms with van der Waals surface area (Å²) in [6.45, 7) is 0.307. The molecule has 1 aromatic heterocycles. The lowest BCUT2D eigenvalue weighted by atomic mass is 10.3. The van der Waals surface area contributed by atoms with Gasteiger partial charge >= 0.3 is 0 Å². The third kappa shape index (κ3) is 4.12. The fraction of sp³-hybridized carbons (Fsp3) is 0.154. The second-order valence-electron chi connectivity index (χ2n) is 4.04. The van der Waals surface area contributed by atoms with Crippen molar-refractivity contribution in [2.75, 3.05) is 6.54 Å². The summed E-state index contributed by atoms with van der Waals surface area (Å²) in [6, 6.07) is 10.5. The van der Waals surface area contributed by atoms with Gasteiger partial charge < -0.3 is 0 Å². The zero-order chi connectivity index (χ0) is 14.6. The third-order valence-electron chi connectivity index (χ3n) is 2.58. The molecule has 2 aromatic rings. The molecule has 0 saturated carbocycles. The van der Waals surface area contributed by atoms with Gasteiger partial charge in [-0.25, -0.2) is 13.1 Å². The molecular weight excluding hydrogens is 408 g/mol. The first-order valence-electron chi connectivity index (χ1n) is 5.84. The number of nitrogens with one attached hydrogen (secondary N) is 1. The topological polar surface area (TPSA) is 59.1 Å². The molecule has 0 spiro atoms. The van der Waals surface area contributed by atoms with Gasteiger partial charge in [0, 0.05) is 33.8 Å². The molecule has 0 saturated heterocycles. The van der Waals surface area contributed by atoms with Crippen LogP contribution in [-0.2, 0) is 16.4 Å². The summed E-state index contributed by atoms with van der Waals surface area (Å²) < 4.78 is 28.3. The van der Waals surface area contributed by atoms with E-state index in [4.69, 9.17) is 0 Å². The number of benzene rings is 1. The Hall–Kier alpha value is -0.760. The predicted molar refractivity (Wildman–Crippen MR) is 85.0 cm³/mol. The van der Waals surface area contributed by atoms with Crippen LogP contribution in [0.15, 0.2) is 56.4 Å². The van der Waals surface area contributed by atoms with E-state index in [0.29, 0.717) is 17.4 Å². The van der Waals surface area contributed by atoms with Crippen LogP contribution in [0.5, 0.6) is 0 Å². The zero-order valence-electron chi connectivity index (χ0n) is 10.4. The Morgan fingerprint density at radius 1 is 1.15 bits per heavy atom. The minimum absolute atomic E-state index is 0.224. The van der Waals surface area contributed by atoms with E-state index in [2.05, 4.69) is 41.6 Å². The van der Waals surface area contributed by atoms with Crippen LogP contribution in [0.3, 0.4) is 0 Å². The van der Waals surface area contributed by atoms with Crippen LogP contribution in [0.1, 0.15) is 5.69 Å². The molecule has 1 aromatic carbocycles. The van der Waals surface area contributed by atoms with E-state index in [1.54, 1.807) is 24.4 Å². The van der Waals surface area contributed by atoms with Crippen LogP contribution in [0.2, 0.25) is 0 Å². The van der Waals surface area contributed by atoms with E-state index in [-0.39, 0.29) is 4.90 Å². The van der Waals surface area contributed by atoms with E-state index in [9.17, 15) is 8.42 Å². The Morgan fingerprint density at radius 3 is 2.60 bits per heavy atom. The van der Waals surface area contributed by atoms with Crippen molar-refractivity contribution in [3.8, 4) is 0 Å². The third-order valence-corrected chi connectivity index (χ3v) is 5.51. The number of rotatable bonds is 5. The lowest BCUT2D eigenvalue weighted by molar-refractivity contribution is 0.581. The molecule has 0 aliphatic heterocycles. The molecule has 0 fully saturated rings. The maximum Gasteiger partial charge on any atom is 0.241 e. The number of sulfonamides is 1. The van der Waals surface area contributed by atoms with Crippen molar-refractivity contribution in [2.45, 2.75) is 11.3 Å². The second kappa shape index (κ2) is 6.80. The van der Waals surface area contributed by atoms with Crippen molar-refractivity contribution in [3.63, 3.8) is 0 Å². The Labute approximate surface area is 134 Å². The molecule has 1 N–H and O–H groups in total. The predicted octanol–water partition coefficient (Wildman–Crippen LogP) is 3.13. The summed E-state index contributed by atoms with van der Waals surface area (Å²) in [5.74, 6) is 0. The normalized spacial score (nSPS) is 11.5. The average molecular weight is 420 g/mol. The van der Waals surface area contributed by atoms with Gasteiger partial charge in [0.1, 0.15) is 0 Å². The number of pyridine rings is 1. The molecule has 4 nitrogen and oxygen atoms in total. The van der Waals surface area contributed by atoms with Gasteiger partial charge in [0.15, 0.2) is 0 Å². The molecule has 0 aliphatic carbocycles. The summed E-state index contributed by atoms with van der Waals surface area (Å²) in [7, 11) is -3.52. The quantitative estimate of drug-likeness (QED) is 0.809. The molecule has 1 heterocycles.